The Morgan fingerprint density at radius 3 is 2.65 bits per heavy atom. The summed E-state index contributed by atoms with van der Waals surface area (Å²) in [6.45, 7) is 4.85. The highest BCUT2D eigenvalue weighted by Crippen LogP contribution is 2.30. The zero-order chi connectivity index (χ0) is 18.7. The van der Waals surface area contributed by atoms with Crippen molar-refractivity contribution in [3.63, 3.8) is 0 Å². The highest BCUT2D eigenvalue weighted by Gasteiger charge is 2.35. The van der Waals surface area contributed by atoms with Gasteiger partial charge >= 0.3 is 0 Å². The Labute approximate surface area is 154 Å². The van der Waals surface area contributed by atoms with Crippen molar-refractivity contribution in [1.82, 2.24) is 10.6 Å². The molecule has 1 unspecified atom stereocenters. The number of anilines is 1. The second-order valence-electron chi connectivity index (χ2n) is 7.45. The number of hydrogen-bond acceptors (Lipinski definition) is 3. The molecule has 1 aliphatic carbocycles. The minimum atomic E-state index is -0.337. The van der Waals surface area contributed by atoms with Crippen LogP contribution in [0.3, 0.4) is 0 Å². The van der Waals surface area contributed by atoms with Crippen LogP contribution in [0.2, 0.25) is 0 Å². The van der Waals surface area contributed by atoms with E-state index in [1.807, 2.05) is 19.9 Å². The van der Waals surface area contributed by atoms with E-state index in [4.69, 9.17) is 0 Å². The van der Waals surface area contributed by atoms with E-state index in [0.29, 0.717) is 19.6 Å². The lowest BCUT2D eigenvalue weighted by atomic mass is 10.1. The molecule has 3 amide bonds. The van der Waals surface area contributed by atoms with Gasteiger partial charge in [-0.25, -0.2) is 0 Å². The van der Waals surface area contributed by atoms with Crippen molar-refractivity contribution >= 4 is 23.4 Å². The van der Waals surface area contributed by atoms with Crippen molar-refractivity contribution in [2.75, 3.05) is 24.5 Å². The molecular weight excluding hydrogens is 330 g/mol. The average molecular weight is 357 g/mol. The lowest BCUT2D eigenvalue weighted by Crippen LogP contribution is -2.39. The van der Waals surface area contributed by atoms with Crippen molar-refractivity contribution in [2.24, 2.45) is 11.8 Å². The molecule has 0 radical (unpaired) electrons. The number of nitrogens with zero attached hydrogens (tertiary/aromatic N) is 1. The normalized spacial score (nSPS) is 19.0. The van der Waals surface area contributed by atoms with Crippen molar-refractivity contribution in [1.29, 1.82) is 0 Å². The van der Waals surface area contributed by atoms with E-state index >= 15 is 0 Å². The van der Waals surface area contributed by atoms with Crippen molar-refractivity contribution in [2.45, 2.75) is 39.5 Å². The largest absolute Gasteiger partial charge is 0.354 e. The number of rotatable bonds is 6. The lowest BCUT2D eigenvalue weighted by molar-refractivity contribution is -0.126. The molecule has 1 atom stereocenters. The standard InChI is InChI=1S/C20H27N3O3/c1-13(2)19(25)21-8-9-22-20(26)16-11-18(24)23(12-16)17-7-6-14-4-3-5-15(14)10-17/h6-7,10,13,16H,3-5,8-9,11-12H2,1-2H3,(H,21,25)(H,22,26). The fourth-order valence-electron chi connectivity index (χ4n) is 3.58. The third-order valence-electron chi connectivity index (χ3n) is 5.14. The van der Waals surface area contributed by atoms with Crippen LogP contribution in [0, 0.1) is 11.8 Å². The summed E-state index contributed by atoms with van der Waals surface area (Å²) in [5, 5.41) is 5.58. The predicted molar refractivity (Wildman–Crippen MR) is 99.8 cm³/mol. The van der Waals surface area contributed by atoms with Gasteiger partial charge in [-0.15, -0.1) is 0 Å². The molecule has 140 valence electrons. The minimum Gasteiger partial charge on any atom is -0.354 e. The third kappa shape index (κ3) is 4.06. The molecule has 1 aromatic carbocycles. The number of carbonyl (C=O) groups excluding carboxylic acids is 3. The van der Waals surface area contributed by atoms with Crippen LogP contribution in [0.1, 0.15) is 37.8 Å². The van der Waals surface area contributed by atoms with Gasteiger partial charge in [0.05, 0.1) is 5.92 Å². The van der Waals surface area contributed by atoms with Gasteiger partial charge in [0.25, 0.3) is 0 Å². The summed E-state index contributed by atoms with van der Waals surface area (Å²) >= 11 is 0. The molecule has 6 nitrogen and oxygen atoms in total. The van der Waals surface area contributed by atoms with E-state index in [1.54, 1.807) is 4.90 Å². The van der Waals surface area contributed by atoms with E-state index in [0.717, 1.165) is 18.5 Å². The van der Waals surface area contributed by atoms with Crippen LogP contribution < -0.4 is 15.5 Å². The number of carbonyl (C=O) groups is 3. The second-order valence-corrected chi connectivity index (χ2v) is 7.45. The summed E-state index contributed by atoms with van der Waals surface area (Å²) in [4.78, 5) is 37.9. The van der Waals surface area contributed by atoms with Crippen LogP contribution >= 0.6 is 0 Å². The Morgan fingerprint density at radius 1 is 1.15 bits per heavy atom. The van der Waals surface area contributed by atoms with Crippen LogP contribution in [0.4, 0.5) is 5.69 Å². The van der Waals surface area contributed by atoms with Crippen molar-refractivity contribution in [3.8, 4) is 0 Å². The minimum absolute atomic E-state index is 0.00351. The van der Waals surface area contributed by atoms with E-state index < -0.39 is 0 Å². The summed E-state index contributed by atoms with van der Waals surface area (Å²) in [6.07, 6.45) is 3.59. The molecule has 1 aliphatic heterocycles. The molecule has 2 N–H and O–H groups in total. The first-order valence-corrected chi connectivity index (χ1v) is 9.43. The number of hydrogen-bond donors (Lipinski definition) is 2. The van der Waals surface area contributed by atoms with Crippen LogP contribution in [0.25, 0.3) is 0 Å². The predicted octanol–water partition coefficient (Wildman–Crippen LogP) is 1.42. The number of amides is 3. The van der Waals surface area contributed by atoms with E-state index in [1.165, 1.54) is 17.5 Å². The van der Waals surface area contributed by atoms with Gasteiger partial charge in [-0.2, -0.15) is 0 Å². The fourth-order valence-corrected chi connectivity index (χ4v) is 3.58. The topological polar surface area (TPSA) is 78.5 Å². The van der Waals surface area contributed by atoms with Gasteiger partial charge in [-0.1, -0.05) is 19.9 Å². The smallest absolute Gasteiger partial charge is 0.227 e. The summed E-state index contributed by atoms with van der Waals surface area (Å²) in [5.74, 6) is -0.564. The van der Waals surface area contributed by atoms with Gasteiger partial charge in [0.15, 0.2) is 0 Å². The Bertz CT molecular complexity index is 714. The summed E-state index contributed by atoms with van der Waals surface area (Å²) in [5.41, 5.74) is 3.59. The fraction of sp³-hybridized carbons (Fsp3) is 0.550. The molecule has 1 aromatic rings. The molecule has 1 saturated heterocycles. The monoisotopic (exact) mass is 357 g/mol. The quantitative estimate of drug-likeness (QED) is 0.756. The maximum Gasteiger partial charge on any atom is 0.227 e. The number of nitrogens with one attached hydrogen (secondary N) is 2. The molecule has 2 aliphatic rings. The zero-order valence-corrected chi connectivity index (χ0v) is 15.5. The van der Waals surface area contributed by atoms with Gasteiger partial charge in [0.2, 0.25) is 17.7 Å². The molecule has 3 rings (SSSR count). The number of fused-ring (bicyclic) bond motifs is 1. The Kier molecular flexibility index (Phi) is 5.59. The van der Waals surface area contributed by atoms with Crippen LogP contribution in [-0.4, -0.2) is 37.4 Å². The Morgan fingerprint density at radius 2 is 1.88 bits per heavy atom. The van der Waals surface area contributed by atoms with Crippen molar-refractivity contribution < 1.29 is 14.4 Å². The highest BCUT2D eigenvalue weighted by molar-refractivity contribution is 6.00. The molecule has 26 heavy (non-hydrogen) atoms. The SMILES string of the molecule is CC(C)C(=O)NCCNC(=O)C1CC(=O)N(c2ccc3c(c2)CCC3)C1. The van der Waals surface area contributed by atoms with Crippen molar-refractivity contribution in [3.05, 3.63) is 29.3 Å². The van der Waals surface area contributed by atoms with Gasteiger partial charge < -0.3 is 15.5 Å². The van der Waals surface area contributed by atoms with E-state index in [2.05, 4.69) is 22.8 Å². The first-order chi connectivity index (χ1) is 12.5. The zero-order valence-electron chi connectivity index (χ0n) is 15.5. The number of aryl methyl sites for hydroxylation is 2. The summed E-state index contributed by atoms with van der Waals surface area (Å²) in [7, 11) is 0. The summed E-state index contributed by atoms with van der Waals surface area (Å²) < 4.78 is 0. The molecule has 1 fully saturated rings. The highest BCUT2D eigenvalue weighted by atomic mass is 16.2. The molecule has 0 bridgehead atoms. The van der Waals surface area contributed by atoms with Crippen LogP contribution in [-0.2, 0) is 27.2 Å². The lowest BCUT2D eigenvalue weighted by Gasteiger charge is -2.18. The summed E-state index contributed by atoms with van der Waals surface area (Å²) in [6, 6.07) is 6.20. The third-order valence-corrected chi connectivity index (χ3v) is 5.14. The van der Waals surface area contributed by atoms with Crippen LogP contribution in [0.15, 0.2) is 18.2 Å². The first kappa shape index (κ1) is 18.4. The van der Waals surface area contributed by atoms with Gasteiger partial charge in [-0.05, 0) is 42.5 Å². The average Bonchev–Trinajstić information content (AvgIpc) is 3.23. The van der Waals surface area contributed by atoms with Gasteiger partial charge in [-0.3, -0.25) is 14.4 Å². The molecule has 0 saturated carbocycles. The first-order valence-electron chi connectivity index (χ1n) is 9.43. The molecule has 0 spiro atoms. The van der Waals surface area contributed by atoms with Gasteiger partial charge in [0.1, 0.15) is 0 Å². The van der Waals surface area contributed by atoms with E-state index in [9.17, 15) is 14.4 Å². The van der Waals surface area contributed by atoms with Crippen LogP contribution in [0.5, 0.6) is 0 Å². The molecule has 1 heterocycles. The Balaban J connectivity index is 1.51. The van der Waals surface area contributed by atoms with E-state index in [-0.39, 0.29) is 36.0 Å². The molecule has 0 aromatic heterocycles. The second kappa shape index (κ2) is 7.89. The Hall–Kier alpha value is -2.37. The van der Waals surface area contributed by atoms with Gasteiger partial charge in [0, 0.05) is 37.7 Å². The maximum atomic E-state index is 12.4. The molecular formula is C20H27N3O3. The molecule has 6 heteroatoms. The number of benzene rings is 1. The maximum absolute atomic E-state index is 12.4.